The highest BCUT2D eigenvalue weighted by Crippen LogP contribution is 2.30. The lowest BCUT2D eigenvalue weighted by Gasteiger charge is -2.09. The summed E-state index contributed by atoms with van der Waals surface area (Å²) >= 11 is 0. The average Bonchev–Trinajstić information content (AvgIpc) is 2.88. The topological polar surface area (TPSA) is 58.8 Å². The van der Waals surface area contributed by atoms with E-state index in [2.05, 4.69) is 16.3 Å². The maximum atomic E-state index is 9.33. The summed E-state index contributed by atoms with van der Waals surface area (Å²) in [7, 11) is 0. The van der Waals surface area contributed by atoms with Crippen LogP contribution in [0.3, 0.4) is 0 Å². The fourth-order valence-electron chi connectivity index (χ4n) is 2.16. The third-order valence-electron chi connectivity index (χ3n) is 3.06. The zero-order valence-electron chi connectivity index (χ0n) is 9.71. The Labute approximate surface area is 105 Å². The molecule has 0 amide bonds. The van der Waals surface area contributed by atoms with Gasteiger partial charge >= 0.3 is 0 Å². The molecule has 1 atom stereocenters. The predicted molar refractivity (Wildman–Crippen MR) is 65.1 cm³/mol. The van der Waals surface area contributed by atoms with Gasteiger partial charge in [-0.15, -0.1) is 0 Å². The van der Waals surface area contributed by atoms with Gasteiger partial charge in [0.1, 0.15) is 11.7 Å². The molecule has 2 heterocycles. The van der Waals surface area contributed by atoms with Gasteiger partial charge in [0.15, 0.2) is 0 Å². The van der Waals surface area contributed by atoms with Crippen molar-refractivity contribution in [2.24, 2.45) is 0 Å². The fraction of sp³-hybridized carbons (Fsp3) is 0.214. The summed E-state index contributed by atoms with van der Waals surface area (Å²) in [6, 6.07) is 11.8. The monoisotopic (exact) mass is 237 g/mol. The second-order valence-electron chi connectivity index (χ2n) is 4.18. The Balaban J connectivity index is 2.01. The van der Waals surface area contributed by atoms with E-state index in [1.165, 1.54) is 0 Å². The maximum absolute atomic E-state index is 9.33. The first-order valence-electron chi connectivity index (χ1n) is 5.81. The van der Waals surface area contributed by atoms with Gasteiger partial charge < -0.3 is 4.74 Å². The Kier molecular flexibility index (Phi) is 2.66. The third kappa shape index (κ3) is 1.80. The molecule has 1 aromatic heterocycles. The van der Waals surface area contributed by atoms with Crippen LogP contribution in [0.5, 0.6) is 5.75 Å². The van der Waals surface area contributed by atoms with Gasteiger partial charge in [0.2, 0.25) is 0 Å². The van der Waals surface area contributed by atoms with E-state index in [4.69, 9.17) is 4.74 Å². The number of ether oxygens (including phenoxy) is 1. The standard InChI is InChI=1S/C14H11N3O/c15-9-12(13-2-1-6-16-17-13)10-3-4-14-11(8-10)5-7-18-14/h1-4,6,8,12H,5,7H2. The average molecular weight is 237 g/mol. The third-order valence-corrected chi connectivity index (χ3v) is 3.06. The number of aromatic nitrogens is 2. The van der Waals surface area contributed by atoms with E-state index >= 15 is 0 Å². The fourth-order valence-corrected chi connectivity index (χ4v) is 2.16. The molecule has 1 aliphatic heterocycles. The molecule has 4 nitrogen and oxygen atoms in total. The molecule has 0 saturated heterocycles. The summed E-state index contributed by atoms with van der Waals surface area (Å²) < 4.78 is 5.46. The van der Waals surface area contributed by atoms with Crippen molar-refractivity contribution >= 4 is 0 Å². The van der Waals surface area contributed by atoms with Crippen molar-refractivity contribution in [3.63, 3.8) is 0 Å². The molecule has 0 aliphatic carbocycles. The van der Waals surface area contributed by atoms with E-state index in [0.717, 1.165) is 29.9 Å². The minimum atomic E-state index is -0.371. The highest BCUT2D eigenvalue weighted by atomic mass is 16.5. The molecule has 1 aliphatic rings. The number of fused-ring (bicyclic) bond motifs is 1. The van der Waals surface area contributed by atoms with Crippen LogP contribution in [-0.4, -0.2) is 16.8 Å². The van der Waals surface area contributed by atoms with Crippen LogP contribution in [0.25, 0.3) is 0 Å². The summed E-state index contributed by atoms with van der Waals surface area (Å²) in [4.78, 5) is 0. The SMILES string of the molecule is N#CC(c1ccc2c(c1)CCO2)c1cccnn1. The second-order valence-corrected chi connectivity index (χ2v) is 4.18. The Bertz CT molecular complexity index is 604. The first kappa shape index (κ1) is 10.7. The molecular weight excluding hydrogens is 226 g/mol. The number of hydrogen-bond donors (Lipinski definition) is 0. The number of nitriles is 1. The first-order chi connectivity index (χ1) is 8.88. The summed E-state index contributed by atoms with van der Waals surface area (Å²) in [5.74, 6) is 0.555. The molecule has 4 heteroatoms. The Morgan fingerprint density at radius 2 is 2.28 bits per heavy atom. The predicted octanol–water partition coefficient (Wildman–Crippen LogP) is 2.07. The normalized spacial score (nSPS) is 14.4. The van der Waals surface area contributed by atoms with E-state index in [1.807, 2.05) is 24.3 Å². The summed E-state index contributed by atoms with van der Waals surface area (Å²) in [6.45, 7) is 0.723. The number of hydrogen-bond acceptors (Lipinski definition) is 4. The molecule has 0 N–H and O–H groups in total. The maximum Gasteiger partial charge on any atom is 0.122 e. The smallest absolute Gasteiger partial charge is 0.122 e. The van der Waals surface area contributed by atoms with Gasteiger partial charge in [-0.2, -0.15) is 15.5 Å². The van der Waals surface area contributed by atoms with Crippen molar-refractivity contribution < 1.29 is 4.74 Å². The lowest BCUT2D eigenvalue weighted by atomic mass is 9.95. The van der Waals surface area contributed by atoms with Crippen LogP contribution in [0.15, 0.2) is 36.5 Å². The molecule has 0 fully saturated rings. The van der Waals surface area contributed by atoms with E-state index < -0.39 is 0 Å². The van der Waals surface area contributed by atoms with Crippen LogP contribution < -0.4 is 4.74 Å². The van der Waals surface area contributed by atoms with Crippen LogP contribution in [-0.2, 0) is 6.42 Å². The molecule has 0 saturated carbocycles. The quantitative estimate of drug-likeness (QED) is 0.802. The lowest BCUT2D eigenvalue weighted by Crippen LogP contribution is -2.02. The Morgan fingerprint density at radius 3 is 3.06 bits per heavy atom. The number of benzene rings is 1. The van der Waals surface area contributed by atoms with Crippen LogP contribution >= 0.6 is 0 Å². The summed E-state index contributed by atoms with van der Waals surface area (Å²) in [5.41, 5.74) is 2.79. The highest BCUT2D eigenvalue weighted by molar-refractivity contribution is 5.44. The number of nitrogens with zero attached hydrogens (tertiary/aromatic N) is 3. The molecule has 88 valence electrons. The lowest BCUT2D eigenvalue weighted by molar-refractivity contribution is 0.357. The minimum absolute atomic E-state index is 0.371. The largest absolute Gasteiger partial charge is 0.493 e. The Hall–Kier alpha value is -2.41. The summed E-state index contributed by atoms with van der Waals surface area (Å²) in [6.07, 6.45) is 2.51. The molecule has 18 heavy (non-hydrogen) atoms. The molecule has 1 unspecified atom stereocenters. The van der Waals surface area contributed by atoms with Crippen LogP contribution in [0.4, 0.5) is 0 Å². The van der Waals surface area contributed by atoms with Gasteiger partial charge in [0.25, 0.3) is 0 Å². The molecule has 0 bridgehead atoms. The van der Waals surface area contributed by atoms with Gasteiger partial charge in [-0.05, 0) is 29.3 Å². The van der Waals surface area contributed by atoms with Gasteiger partial charge in [-0.25, -0.2) is 0 Å². The van der Waals surface area contributed by atoms with Crippen molar-refractivity contribution in [1.29, 1.82) is 5.26 Å². The van der Waals surface area contributed by atoms with Crippen molar-refractivity contribution in [2.75, 3.05) is 6.61 Å². The van der Waals surface area contributed by atoms with E-state index in [9.17, 15) is 5.26 Å². The number of rotatable bonds is 2. The van der Waals surface area contributed by atoms with Crippen molar-refractivity contribution in [1.82, 2.24) is 10.2 Å². The van der Waals surface area contributed by atoms with Gasteiger partial charge in [0.05, 0.1) is 18.4 Å². The molecule has 1 aromatic carbocycles. The van der Waals surface area contributed by atoms with E-state index in [-0.39, 0.29) is 5.92 Å². The molecular formula is C14H11N3O. The van der Waals surface area contributed by atoms with Crippen LogP contribution in [0, 0.1) is 11.3 Å². The molecule has 2 aromatic rings. The Morgan fingerprint density at radius 1 is 1.33 bits per heavy atom. The van der Waals surface area contributed by atoms with E-state index in [0.29, 0.717) is 5.69 Å². The van der Waals surface area contributed by atoms with Gasteiger partial charge in [0, 0.05) is 12.6 Å². The van der Waals surface area contributed by atoms with Gasteiger partial charge in [-0.1, -0.05) is 12.1 Å². The van der Waals surface area contributed by atoms with Crippen molar-refractivity contribution in [2.45, 2.75) is 12.3 Å². The summed E-state index contributed by atoms with van der Waals surface area (Å²) in [5, 5.41) is 17.2. The highest BCUT2D eigenvalue weighted by Gasteiger charge is 2.19. The van der Waals surface area contributed by atoms with Crippen LogP contribution in [0.1, 0.15) is 22.7 Å². The van der Waals surface area contributed by atoms with Crippen molar-refractivity contribution in [3.8, 4) is 11.8 Å². The zero-order chi connectivity index (χ0) is 12.4. The minimum Gasteiger partial charge on any atom is -0.493 e. The first-order valence-corrected chi connectivity index (χ1v) is 5.81. The van der Waals surface area contributed by atoms with E-state index in [1.54, 1.807) is 12.3 Å². The van der Waals surface area contributed by atoms with Crippen LogP contribution in [0.2, 0.25) is 0 Å². The zero-order valence-corrected chi connectivity index (χ0v) is 9.71. The van der Waals surface area contributed by atoms with Crippen molar-refractivity contribution in [3.05, 3.63) is 53.3 Å². The van der Waals surface area contributed by atoms with Gasteiger partial charge in [-0.3, -0.25) is 0 Å². The molecule has 0 radical (unpaired) electrons. The molecule has 3 rings (SSSR count). The second kappa shape index (κ2) is 4.46. The molecule has 0 spiro atoms.